The van der Waals surface area contributed by atoms with Gasteiger partial charge in [-0.15, -0.1) is 13.2 Å². The fourth-order valence-corrected chi connectivity index (χ4v) is 3.25. The first-order valence-electron chi connectivity index (χ1n) is 8.41. The second-order valence-electron chi connectivity index (χ2n) is 6.44. The summed E-state index contributed by atoms with van der Waals surface area (Å²) in [5, 5.41) is 3.16. The Bertz CT molecular complexity index is 794. The molecule has 0 saturated carbocycles. The van der Waals surface area contributed by atoms with Crippen molar-refractivity contribution in [1.29, 1.82) is 0 Å². The lowest BCUT2D eigenvalue weighted by Crippen LogP contribution is -2.26. The van der Waals surface area contributed by atoms with E-state index in [0.29, 0.717) is 31.5 Å². The monoisotopic (exact) mass is 389 g/mol. The van der Waals surface area contributed by atoms with Crippen molar-refractivity contribution in [2.24, 2.45) is 0 Å². The van der Waals surface area contributed by atoms with E-state index in [2.05, 4.69) is 10.1 Å². The number of halogens is 6. The molecule has 2 nitrogen and oxygen atoms in total. The maximum atomic E-state index is 13.3. The van der Waals surface area contributed by atoms with Crippen molar-refractivity contribution < 1.29 is 31.1 Å². The molecule has 0 aliphatic carbocycles. The smallest absolute Gasteiger partial charge is 0.406 e. The lowest BCUT2D eigenvalue weighted by atomic mass is 9.87. The molecule has 0 aromatic heterocycles. The van der Waals surface area contributed by atoms with Crippen LogP contribution in [0, 0.1) is 0 Å². The third kappa shape index (κ3) is 5.15. The Labute approximate surface area is 152 Å². The van der Waals surface area contributed by atoms with E-state index in [1.165, 1.54) is 12.1 Å². The van der Waals surface area contributed by atoms with E-state index in [4.69, 9.17) is 0 Å². The van der Waals surface area contributed by atoms with Crippen LogP contribution in [0.3, 0.4) is 0 Å². The van der Waals surface area contributed by atoms with Gasteiger partial charge in [-0.25, -0.2) is 0 Å². The zero-order valence-corrected chi connectivity index (χ0v) is 14.1. The third-order valence-electron chi connectivity index (χ3n) is 4.49. The van der Waals surface area contributed by atoms with Crippen LogP contribution >= 0.6 is 0 Å². The van der Waals surface area contributed by atoms with Crippen LogP contribution in [0.25, 0.3) is 11.1 Å². The predicted molar refractivity (Wildman–Crippen MR) is 88.4 cm³/mol. The van der Waals surface area contributed by atoms with Gasteiger partial charge in [-0.3, -0.25) is 0 Å². The molecule has 2 aromatic rings. The lowest BCUT2D eigenvalue weighted by Gasteiger charge is -2.24. The highest BCUT2D eigenvalue weighted by Crippen LogP contribution is 2.38. The normalized spacial score (nSPS) is 16.4. The number of nitrogens with one attached hydrogen (secondary N) is 1. The highest BCUT2D eigenvalue weighted by Gasteiger charge is 2.33. The second kappa shape index (κ2) is 7.42. The molecule has 0 atom stereocenters. The van der Waals surface area contributed by atoms with Crippen molar-refractivity contribution in [2.75, 3.05) is 13.1 Å². The summed E-state index contributed by atoms with van der Waals surface area (Å²) in [5.41, 5.74) is 0.183. The highest BCUT2D eigenvalue weighted by molar-refractivity contribution is 5.67. The van der Waals surface area contributed by atoms with Crippen LogP contribution in [-0.4, -0.2) is 19.5 Å². The van der Waals surface area contributed by atoms with Crippen molar-refractivity contribution in [3.8, 4) is 16.9 Å². The standard InChI is InChI=1S/C19H17F6NO/c20-18(21,22)16-9-14(12-4-6-26-7-5-12)8-15(10-16)13-2-1-3-17(11-13)27-19(23,24)25/h1-3,8-12,26H,4-7H2. The molecule has 8 heteroatoms. The van der Waals surface area contributed by atoms with Crippen molar-refractivity contribution >= 4 is 0 Å². The molecule has 3 rings (SSSR count). The molecule has 0 spiro atoms. The van der Waals surface area contributed by atoms with Crippen LogP contribution in [0.5, 0.6) is 5.75 Å². The maximum absolute atomic E-state index is 13.3. The van der Waals surface area contributed by atoms with Gasteiger partial charge in [0.05, 0.1) is 5.56 Å². The fourth-order valence-electron chi connectivity index (χ4n) is 3.25. The van der Waals surface area contributed by atoms with Crippen molar-refractivity contribution in [3.05, 3.63) is 53.6 Å². The van der Waals surface area contributed by atoms with E-state index >= 15 is 0 Å². The molecule has 1 fully saturated rings. The maximum Gasteiger partial charge on any atom is 0.573 e. The van der Waals surface area contributed by atoms with Gasteiger partial charge in [-0.05, 0) is 72.8 Å². The van der Waals surface area contributed by atoms with Crippen molar-refractivity contribution in [1.82, 2.24) is 5.32 Å². The summed E-state index contributed by atoms with van der Waals surface area (Å²) < 4.78 is 81.2. The molecule has 1 aliphatic rings. The van der Waals surface area contributed by atoms with E-state index in [9.17, 15) is 26.3 Å². The van der Waals surface area contributed by atoms with Gasteiger partial charge in [-0.2, -0.15) is 13.2 Å². The van der Waals surface area contributed by atoms with Gasteiger partial charge >= 0.3 is 12.5 Å². The highest BCUT2D eigenvalue weighted by atomic mass is 19.4. The van der Waals surface area contributed by atoms with E-state index in [1.807, 2.05) is 0 Å². The molecule has 27 heavy (non-hydrogen) atoms. The molecule has 0 amide bonds. The van der Waals surface area contributed by atoms with Gasteiger partial charge in [0.2, 0.25) is 0 Å². The van der Waals surface area contributed by atoms with Crippen LogP contribution < -0.4 is 10.1 Å². The minimum absolute atomic E-state index is 0.0260. The molecule has 0 radical (unpaired) electrons. The minimum Gasteiger partial charge on any atom is -0.406 e. The number of rotatable bonds is 3. The quantitative estimate of drug-likeness (QED) is 0.676. The van der Waals surface area contributed by atoms with Gasteiger partial charge in [0.15, 0.2) is 0 Å². The summed E-state index contributed by atoms with van der Waals surface area (Å²) in [5.74, 6) is -0.497. The lowest BCUT2D eigenvalue weighted by molar-refractivity contribution is -0.274. The molecule has 2 aromatic carbocycles. The molecular weight excluding hydrogens is 372 g/mol. The third-order valence-corrected chi connectivity index (χ3v) is 4.49. The van der Waals surface area contributed by atoms with E-state index < -0.39 is 23.9 Å². The number of hydrogen-bond acceptors (Lipinski definition) is 2. The molecule has 1 N–H and O–H groups in total. The number of hydrogen-bond donors (Lipinski definition) is 1. The molecule has 1 saturated heterocycles. The van der Waals surface area contributed by atoms with Crippen LogP contribution in [0.2, 0.25) is 0 Å². The molecule has 1 aliphatic heterocycles. The first-order valence-corrected chi connectivity index (χ1v) is 8.41. The summed E-state index contributed by atoms with van der Waals surface area (Å²) in [4.78, 5) is 0. The fraction of sp³-hybridized carbons (Fsp3) is 0.368. The summed E-state index contributed by atoms with van der Waals surface area (Å²) in [6.07, 6.45) is -8.00. The number of piperidine rings is 1. The molecule has 1 heterocycles. The van der Waals surface area contributed by atoms with Gasteiger partial charge < -0.3 is 10.1 Å². The van der Waals surface area contributed by atoms with E-state index in [-0.39, 0.29) is 17.0 Å². The largest absolute Gasteiger partial charge is 0.573 e. The molecular formula is C19H17F6NO. The molecule has 0 unspecified atom stereocenters. The first kappa shape index (κ1) is 19.5. The number of alkyl halides is 6. The topological polar surface area (TPSA) is 21.3 Å². The summed E-state index contributed by atoms with van der Waals surface area (Å²) in [6.45, 7) is 1.43. The summed E-state index contributed by atoms with van der Waals surface area (Å²) in [7, 11) is 0. The SMILES string of the molecule is FC(F)(F)Oc1cccc(-c2cc(C3CCNCC3)cc(C(F)(F)F)c2)c1. The average Bonchev–Trinajstić information content (AvgIpc) is 2.60. The number of ether oxygens (including phenoxy) is 1. The Morgan fingerprint density at radius 2 is 1.56 bits per heavy atom. The summed E-state index contributed by atoms with van der Waals surface area (Å²) in [6, 6.07) is 8.70. The number of benzene rings is 2. The Hall–Kier alpha value is -2.22. The predicted octanol–water partition coefficient (Wildman–Crippen LogP) is 5.74. The van der Waals surface area contributed by atoms with Crippen LogP contribution in [0.1, 0.15) is 29.9 Å². The van der Waals surface area contributed by atoms with Crippen LogP contribution in [0.4, 0.5) is 26.3 Å². The van der Waals surface area contributed by atoms with Gasteiger partial charge in [0.1, 0.15) is 5.75 Å². The Kier molecular flexibility index (Phi) is 5.37. The van der Waals surface area contributed by atoms with E-state index in [1.54, 1.807) is 6.07 Å². The molecule has 146 valence electrons. The van der Waals surface area contributed by atoms with Gasteiger partial charge in [-0.1, -0.05) is 18.2 Å². The minimum atomic E-state index is -4.87. The second-order valence-corrected chi connectivity index (χ2v) is 6.44. The van der Waals surface area contributed by atoms with Crippen LogP contribution in [0.15, 0.2) is 42.5 Å². The Morgan fingerprint density at radius 3 is 2.19 bits per heavy atom. The average molecular weight is 389 g/mol. The van der Waals surface area contributed by atoms with Crippen molar-refractivity contribution in [3.63, 3.8) is 0 Å². The zero-order valence-electron chi connectivity index (χ0n) is 14.1. The van der Waals surface area contributed by atoms with Gasteiger partial charge in [0, 0.05) is 0 Å². The van der Waals surface area contributed by atoms with Crippen molar-refractivity contribution in [2.45, 2.75) is 31.3 Å². The first-order chi connectivity index (χ1) is 12.6. The zero-order chi connectivity index (χ0) is 19.7. The molecule has 0 bridgehead atoms. The van der Waals surface area contributed by atoms with E-state index in [0.717, 1.165) is 24.3 Å². The van der Waals surface area contributed by atoms with Crippen LogP contribution in [-0.2, 0) is 6.18 Å². The summed E-state index contributed by atoms with van der Waals surface area (Å²) >= 11 is 0. The Morgan fingerprint density at radius 1 is 0.852 bits per heavy atom. The van der Waals surface area contributed by atoms with Gasteiger partial charge in [0.25, 0.3) is 0 Å². The Balaban J connectivity index is 2.02.